The number of fused-ring (bicyclic) bond motifs is 1. The van der Waals surface area contributed by atoms with Crippen molar-refractivity contribution in [1.82, 2.24) is 24.6 Å². The molecule has 2 aromatic heterocycles. The molecule has 0 spiro atoms. The number of hydrogen-bond donors (Lipinski definition) is 2. The molecule has 1 aliphatic heterocycles. The first-order valence-electron chi connectivity index (χ1n) is 9.51. The summed E-state index contributed by atoms with van der Waals surface area (Å²) in [5.41, 5.74) is 0.691. The normalized spacial score (nSPS) is 17.3. The third-order valence-electron chi connectivity index (χ3n) is 4.97. The number of nitrogens with zero attached hydrogens (tertiary/aromatic N) is 4. The van der Waals surface area contributed by atoms with E-state index in [4.69, 9.17) is 0 Å². The Morgan fingerprint density at radius 3 is 2.66 bits per heavy atom. The standard InChI is InChI=1S/C20H23FN6O2/c1-20(2,3)27-16-14(10-22-27)17(28)25-19(24-16)23-15-8-9-26(18(15)29)11-12-4-6-13(21)7-5-12/h4-7,10,15H,8-9,11H2,1-3H3,(H2,23,24,25,28). The van der Waals surface area contributed by atoms with Crippen LogP contribution in [0, 0.1) is 5.82 Å². The average molecular weight is 398 g/mol. The molecule has 9 heteroatoms. The molecule has 1 aliphatic rings. The van der Waals surface area contributed by atoms with Gasteiger partial charge in [0.05, 0.1) is 11.7 Å². The van der Waals surface area contributed by atoms with Crippen molar-refractivity contribution in [1.29, 1.82) is 0 Å². The van der Waals surface area contributed by atoms with Gasteiger partial charge in [0.2, 0.25) is 11.9 Å². The molecule has 29 heavy (non-hydrogen) atoms. The first kappa shape index (κ1) is 19.1. The molecule has 152 valence electrons. The van der Waals surface area contributed by atoms with Crippen molar-refractivity contribution < 1.29 is 9.18 Å². The minimum absolute atomic E-state index is 0.0820. The summed E-state index contributed by atoms with van der Waals surface area (Å²) >= 11 is 0. The molecule has 1 unspecified atom stereocenters. The molecule has 1 amide bonds. The molecule has 3 heterocycles. The lowest BCUT2D eigenvalue weighted by Gasteiger charge is -2.20. The number of amides is 1. The van der Waals surface area contributed by atoms with Crippen molar-refractivity contribution in [2.24, 2.45) is 0 Å². The van der Waals surface area contributed by atoms with Crippen LogP contribution in [-0.2, 0) is 16.9 Å². The van der Waals surface area contributed by atoms with Gasteiger partial charge in [-0.05, 0) is 44.9 Å². The zero-order valence-corrected chi connectivity index (χ0v) is 16.6. The molecule has 1 atom stereocenters. The molecular weight excluding hydrogens is 375 g/mol. The van der Waals surface area contributed by atoms with Crippen LogP contribution >= 0.6 is 0 Å². The van der Waals surface area contributed by atoms with Gasteiger partial charge in [-0.2, -0.15) is 10.1 Å². The van der Waals surface area contributed by atoms with E-state index in [1.807, 2.05) is 20.8 Å². The highest BCUT2D eigenvalue weighted by Gasteiger charge is 2.32. The molecule has 2 N–H and O–H groups in total. The Bertz CT molecular complexity index is 1110. The van der Waals surface area contributed by atoms with E-state index >= 15 is 0 Å². The maximum Gasteiger partial charge on any atom is 0.263 e. The monoisotopic (exact) mass is 398 g/mol. The van der Waals surface area contributed by atoms with Gasteiger partial charge in [-0.1, -0.05) is 12.1 Å². The first-order valence-corrected chi connectivity index (χ1v) is 9.51. The number of aromatic amines is 1. The van der Waals surface area contributed by atoms with Crippen molar-refractivity contribution >= 4 is 22.9 Å². The van der Waals surface area contributed by atoms with E-state index in [9.17, 15) is 14.0 Å². The Kier molecular flexibility index (Phi) is 4.60. The van der Waals surface area contributed by atoms with Crippen LogP contribution in [0.15, 0.2) is 35.3 Å². The van der Waals surface area contributed by atoms with Gasteiger partial charge in [0, 0.05) is 13.1 Å². The molecule has 0 saturated carbocycles. The number of likely N-dealkylation sites (tertiary alicyclic amines) is 1. The number of H-pyrrole nitrogens is 1. The van der Waals surface area contributed by atoms with Gasteiger partial charge in [-0.3, -0.25) is 14.6 Å². The molecule has 1 saturated heterocycles. The summed E-state index contributed by atoms with van der Waals surface area (Å²) in [6.07, 6.45) is 2.08. The topological polar surface area (TPSA) is 95.9 Å². The van der Waals surface area contributed by atoms with Crippen molar-refractivity contribution in [3.8, 4) is 0 Å². The number of halogens is 1. The van der Waals surface area contributed by atoms with Crippen LogP contribution in [-0.4, -0.2) is 43.1 Å². The summed E-state index contributed by atoms with van der Waals surface area (Å²) in [5, 5.41) is 7.75. The highest BCUT2D eigenvalue weighted by atomic mass is 19.1. The smallest absolute Gasteiger partial charge is 0.263 e. The Morgan fingerprint density at radius 2 is 1.97 bits per heavy atom. The number of carbonyl (C=O) groups excluding carboxylic acids is 1. The third kappa shape index (κ3) is 3.72. The summed E-state index contributed by atoms with van der Waals surface area (Å²) in [4.78, 5) is 34.1. The van der Waals surface area contributed by atoms with Gasteiger partial charge in [-0.15, -0.1) is 0 Å². The second-order valence-electron chi connectivity index (χ2n) is 8.25. The van der Waals surface area contributed by atoms with Crippen molar-refractivity contribution in [3.63, 3.8) is 0 Å². The minimum Gasteiger partial charge on any atom is -0.344 e. The molecule has 8 nitrogen and oxygen atoms in total. The Morgan fingerprint density at radius 1 is 1.24 bits per heavy atom. The predicted molar refractivity (Wildman–Crippen MR) is 107 cm³/mol. The summed E-state index contributed by atoms with van der Waals surface area (Å²) in [5.74, 6) is -0.141. The summed E-state index contributed by atoms with van der Waals surface area (Å²) < 4.78 is 14.8. The second-order valence-corrected chi connectivity index (χ2v) is 8.25. The van der Waals surface area contributed by atoms with Gasteiger partial charge < -0.3 is 10.2 Å². The SMILES string of the molecule is CC(C)(C)n1ncc2c(=O)[nH]c(NC3CCN(Cc4ccc(F)cc4)C3=O)nc21. The quantitative estimate of drug-likeness (QED) is 0.703. The second kappa shape index (κ2) is 6.98. The highest BCUT2D eigenvalue weighted by Crippen LogP contribution is 2.21. The van der Waals surface area contributed by atoms with E-state index in [1.54, 1.807) is 21.7 Å². The molecule has 1 aromatic carbocycles. The van der Waals surface area contributed by atoms with Gasteiger partial charge in [-0.25, -0.2) is 9.07 Å². The van der Waals surface area contributed by atoms with Crippen LogP contribution in [0.3, 0.4) is 0 Å². The first-order chi connectivity index (χ1) is 13.7. The van der Waals surface area contributed by atoms with E-state index in [2.05, 4.69) is 20.4 Å². The van der Waals surface area contributed by atoms with Crippen molar-refractivity contribution in [3.05, 3.63) is 52.2 Å². The van der Waals surface area contributed by atoms with Crippen molar-refractivity contribution in [2.45, 2.75) is 45.3 Å². The third-order valence-corrected chi connectivity index (χ3v) is 4.97. The van der Waals surface area contributed by atoms with E-state index in [-0.39, 0.29) is 28.8 Å². The van der Waals surface area contributed by atoms with Crippen LogP contribution in [0.5, 0.6) is 0 Å². The maximum atomic E-state index is 13.1. The lowest BCUT2D eigenvalue weighted by atomic mass is 10.1. The number of nitrogens with one attached hydrogen (secondary N) is 2. The number of rotatable bonds is 4. The zero-order valence-electron chi connectivity index (χ0n) is 16.6. The van der Waals surface area contributed by atoms with Crippen molar-refractivity contribution in [2.75, 3.05) is 11.9 Å². The largest absolute Gasteiger partial charge is 0.344 e. The minimum atomic E-state index is -0.484. The molecular formula is C20H23FN6O2. The van der Waals surface area contributed by atoms with Crippen LogP contribution in [0.1, 0.15) is 32.8 Å². The predicted octanol–water partition coefficient (Wildman–Crippen LogP) is 2.23. The van der Waals surface area contributed by atoms with E-state index in [0.29, 0.717) is 30.5 Å². The lowest BCUT2D eigenvalue weighted by Crippen LogP contribution is -2.34. The van der Waals surface area contributed by atoms with E-state index in [0.717, 1.165) is 5.56 Å². The van der Waals surface area contributed by atoms with Crippen LogP contribution in [0.25, 0.3) is 11.0 Å². The molecule has 4 rings (SSSR count). The Balaban J connectivity index is 1.53. The fourth-order valence-corrected chi connectivity index (χ4v) is 3.48. The maximum absolute atomic E-state index is 13.1. The number of benzene rings is 1. The fraction of sp³-hybridized carbons (Fsp3) is 0.400. The van der Waals surface area contributed by atoms with Crippen LogP contribution < -0.4 is 10.9 Å². The number of anilines is 1. The number of aromatic nitrogens is 4. The van der Waals surface area contributed by atoms with Crippen LogP contribution in [0.4, 0.5) is 10.3 Å². The lowest BCUT2D eigenvalue weighted by molar-refractivity contribution is -0.128. The molecule has 1 fully saturated rings. The number of hydrogen-bond acceptors (Lipinski definition) is 5. The van der Waals surface area contributed by atoms with E-state index in [1.165, 1.54) is 18.3 Å². The number of carbonyl (C=O) groups is 1. The molecule has 3 aromatic rings. The summed E-state index contributed by atoms with van der Waals surface area (Å²) in [7, 11) is 0. The van der Waals surface area contributed by atoms with Gasteiger partial charge in [0.25, 0.3) is 5.56 Å². The Labute approximate surface area is 166 Å². The van der Waals surface area contributed by atoms with E-state index < -0.39 is 6.04 Å². The average Bonchev–Trinajstić information content (AvgIpc) is 3.23. The highest BCUT2D eigenvalue weighted by molar-refractivity contribution is 5.86. The van der Waals surface area contributed by atoms with Gasteiger partial charge in [0.1, 0.15) is 17.2 Å². The van der Waals surface area contributed by atoms with Crippen LogP contribution in [0.2, 0.25) is 0 Å². The summed E-state index contributed by atoms with van der Waals surface area (Å²) in [6.45, 7) is 6.91. The zero-order chi connectivity index (χ0) is 20.8. The fourth-order valence-electron chi connectivity index (χ4n) is 3.48. The summed E-state index contributed by atoms with van der Waals surface area (Å²) in [6, 6.07) is 5.62. The molecule has 0 bridgehead atoms. The Hall–Kier alpha value is -3.23. The van der Waals surface area contributed by atoms with Gasteiger partial charge in [0.15, 0.2) is 5.65 Å². The molecule has 0 aliphatic carbocycles. The molecule has 0 radical (unpaired) electrons. The van der Waals surface area contributed by atoms with Gasteiger partial charge >= 0.3 is 0 Å².